The van der Waals surface area contributed by atoms with Gasteiger partial charge in [-0.3, -0.25) is 4.79 Å². The molecule has 0 saturated heterocycles. The summed E-state index contributed by atoms with van der Waals surface area (Å²) in [6.07, 6.45) is 0.426. The Morgan fingerprint density at radius 3 is 2.45 bits per heavy atom. The van der Waals surface area contributed by atoms with Crippen LogP contribution in [0.5, 0.6) is 0 Å². The van der Waals surface area contributed by atoms with Gasteiger partial charge in [-0.05, 0) is 30.5 Å². The summed E-state index contributed by atoms with van der Waals surface area (Å²) in [7, 11) is -0.0773. The maximum absolute atomic E-state index is 12.3. The molecule has 0 amide bonds. The quantitative estimate of drug-likeness (QED) is 0.759. The highest BCUT2D eigenvalue weighted by Gasteiger charge is 2.22. The van der Waals surface area contributed by atoms with Gasteiger partial charge in [-0.25, -0.2) is 13.1 Å². The van der Waals surface area contributed by atoms with Crippen molar-refractivity contribution in [3.8, 4) is 0 Å². The number of aliphatic carboxylic acids is 1. The highest BCUT2D eigenvalue weighted by molar-refractivity contribution is 7.89. The molecule has 0 aromatic heterocycles. The number of carboxylic acids is 1. The standard InChI is InChI=1S/C15H24N2O4S/c1-11(2)8-12(15(18)19)10-16-22(20,21)14-7-5-6-13(9-14)17(3)4/h5-7,9,11-12,16H,8,10H2,1-4H3,(H,18,19). The molecule has 0 fully saturated rings. The predicted molar refractivity (Wildman–Crippen MR) is 86.5 cm³/mol. The molecule has 0 radical (unpaired) electrons. The minimum Gasteiger partial charge on any atom is -0.481 e. The third-order valence-corrected chi connectivity index (χ3v) is 4.69. The molecule has 0 aliphatic heterocycles. The van der Waals surface area contributed by atoms with E-state index in [0.717, 1.165) is 5.69 Å². The number of carboxylic acid groups (broad SMARTS) is 1. The van der Waals surface area contributed by atoms with Crippen molar-refractivity contribution in [3.05, 3.63) is 24.3 Å². The lowest BCUT2D eigenvalue weighted by molar-refractivity contribution is -0.142. The van der Waals surface area contributed by atoms with Gasteiger partial charge in [-0.15, -0.1) is 0 Å². The highest BCUT2D eigenvalue weighted by Crippen LogP contribution is 2.18. The molecule has 7 heteroatoms. The van der Waals surface area contributed by atoms with E-state index in [4.69, 9.17) is 5.11 Å². The summed E-state index contributed by atoms with van der Waals surface area (Å²) in [5, 5.41) is 9.16. The van der Waals surface area contributed by atoms with E-state index in [1.54, 1.807) is 23.1 Å². The minimum atomic E-state index is -3.72. The van der Waals surface area contributed by atoms with Crippen molar-refractivity contribution in [1.29, 1.82) is 0 Å². The van der Waals surface area contributed by atoms with Crippen LogP contribution in [0.1, 0.15) is 20.3 Å². The molecule has 1 atom stereocenters. The van der Waals surface area contributed by atoms with Gasteiger partial charge in [0.25, 0.3) is 0 Å². The van der Waals surface area contributed by atoms with Crippen molar-refractivity contribution in [1.82, 2.24) is 4.72 Å². The van der Waals surface area contributed by atoms with Gasteiger partial charge in [0, 0.05) is 26.3 Å². The maximum Gasteiger partial charge on any atom is 0.307 e. The smallest absolute Gasteiger partial charge is 0.307 e. The molecule has 0 aliphatic rings. The number of hydrogen-bond donors (Lipinski definition) is 2. The summed E-state index contributed by atoms with van der Waals surface area (Å²) in [6.45, 7) is 3.71. The molecule has 1 aromatic carbocycles. The van der Waals surface area contributed by atoms with E-state index in [0.29, 0.717) is 6.42 Å². The maximum atomic E-state index is 12.3. The summed E-state index contributed by atoms with van der Waals surface area (Å²) in [5.74, 6) is -1.53. The Hall–Kier alpha value is -1.60. The van der Waals surface area contributed by atoms with Gasteiger partial charge in [0.2, 0.25) is 10.0 Å². The SMILES string of the molecule is CC(C)CC(CNS(=O)(=O)c1cccc(N(C)C)c1)C(=O)O. The van der Waals surface area contributed by atoms with Crippen LogP contribution >= 0.6 is 0 Å². The fourth-order valence-electron chi connectivity index (χ4n) is 2.06. The van der Waals surface area contributed by atoms with Crippen LogP contribution in [0, 0.1) is 11.8 Å². The van der Waals surface area contributed by atoms with E-state index in [1.165, 1.54) is 6.07 Å². The molecule has 0 spiro atoms. The molecule has 0 saturated carbocycles. The van der Waals surface area contributed by atoms with Crippen molar-refractivity contribution < 1.29 is 18.3 Å². The van der Waals surface area contributed by atoms with Gasteiger partial charge >= 0.3 is 5.97 Å². The van der Waals surface area contributed by atoms with Crippen molar-refractivity contribution in [2.45, 2.75) is 25.2 Å². The number of anilines is 1. The first-order valence-electron chi connectivity index (χ1n) is 7.13. The van der Waals surface area contributed by atoms with Crippen LogP contribution in [0.25, 0.3) is 0 Å². The zero-order valence-electron chi connectivity index (χ0n) is 13.4. The number of hydrogen-bond acceptors (Lipinski definition) is 4. The number of rotatable bonds is 8. The molecule has 2 N–H and O–H groups in total. The fraction of sp³-hybridized carbons (Fsp3) is 0.533. The van der Waals surface area contributed by atoms with Crippen LogP contribution in [0.2, 0.25) is 0 Å². The number of nitrogens with zero attached hydrogens (tertiary/aromatic N) is 1. The summed E-state index contributed by atoms with van der Waals surface area (Å²) >= 11 is 0. The second kappa shape index (κ2) is 7.60. The average molecular weight is 328 g/mol. The molecule has 22 heavy (non-hydrogen) atoms. The third kappa shape index (κ3) is 5.31. The van der Waals surface area contributed by atoms with Gasteiger partial charge in [-0.2, -0.15) is 0 Å². The van der Waals surface area contributed by atoms with E-state index in [2.05, 4.69) is 4.72 Å². The Kier molecular flexibility index (Phi) is 6.37. The fourth-order valence-corrected chi connectivity index (χ4v) is 3.18. The largest absolute Gasteiger partial charge is 0.481 e. The first-order valence-corrected chi connectivity index (χ1v) is 8.61. The van der Waals surface area contributed by atoms with E-state index in [1.807, 2.05) is 27.9 Å². The monoisotopic (exact) mass is 328 g/mol. The molecule has 6 nitrogen and oxygen atoms in total. The molecule has 1 rings (SSSR count). The zero-order chi connectivity index (χ0) is 16.9. The Morgan fingerprint density at radius 2 is 1.95 bits per heavy atom. The number of carbonyl (C=O) groups is 1. The molecule has 124 valence electrons. The van der Waals surface area contributed by atoms with Crippen LogP contribution in [-0.4, -0.2) is 40.1 Å². The minimum absolute atomic E-state index is 0.109. The Morgan fingerprint density at radius 1 is 1.32 bits per heavy atom. The van der Waals surface area contributed by atoms with Crippen molar-refractivity contribution in [3.63, 3.8) is 0 Å². The highest BCUT2D eigenvalue weighted by atomic mass is 32.2. The van der Waals surface area contributed by atoms with Crippen molar-refractivity contribution in [2.75, 3.05) is 25.5 Å². The Bertz CT molecular complexity index is 612. The molecule has 1 aromatic rings. The third-order valence-electron chi connectivity index (χ3n) is 3.27. The van der Waals surface area contributed by atoms with Gasteiger partial charge in [-0.1, -0.05) is 19.9 Å². The lowest BCUT2D eigenvalue weighted by Gasteiger charge is -2.17. The summed E-state index contributed by atoms with van der Waals surface area (Å²) < 4.78 is 27.0. The second-order valence-corrected chi connectivity index (χ2v) is 7.68. The van der Waals surface area contributed by atoms with Crippen LogP contribution in [-0.2, 0) is 14.8 Å². The molecule has 0 aliphatic carbocycles. The molecule has 0 heterocycles. The van der Waals surface area contributed by atoms with Crippen molar-refractivity contribution in [2.24, 2.45) is 11.8 Å². The lowest BCUT2D eigenvalue weighted by Crippen LogP contribution is -2.33. The van der Waals surface area contributed by atoms with E-state index >= 15 is 0 Å². The van der Waals surface area contributed by atoms with E-state index in [9.17, 15) is 13.2 Å². The van der Waals surface area contributed by atoms with E-state index in [-0.39, 0.29) is 17.4 Å². The van der Waals surface area contributed by atoms with E-state index < -0.39 is 21.9 Å². The zero-order valence-corrected chi connectivity index (χ0v) is 14.2. The molecule has 1 unspecified atom stereocenters. The number of benzene rings is 1. The number of nitrogens with one attached hydrogen (secondary N) is 1. The van der Waals surface area contributed by atoms with Gasteiger partial charge in [0.05, 0.1) is 10.8 Å². The average Bonchev–Trinajstić information content (AvgIpc) is 2.43. The van der Waals surface area contributed by atoms with Gasteiger partial charge in [0.1, 0.15) is 0 Å². The van der Waals surface area contributed by atoms with Gasteiger partial charge in [0.15, 0.2) is 0 Å². The molecular formula is C15H24N2O4S. The van der Waals surface area contributed by atoms with Crippen molar-refractivity contribution >= 4 is 21.7 Å². The van der Waals surface area contributed by atoms with Crippen LogP contribution < -0.4 is 9.62 Å². The first kappa shape index (κ1) is 18.4. The molecular weight excluding hydrogens is 304 g/mol. The predicted octanol–water partition coefficient (Wildman–Crippen LogP) is 1.78. The number of sulfonamides is 1. The topological polar surface area (TPSA) is 86.7 Å². The molecule has 0 bridgehead atoms. The Labute approximate surface area is 132 Å². The van der Waals surface area contributed by atoms with Crippen LogP contribution in [0.4, 0.5) is 5.69 Å². The summed E-state index contributed by atoms with van der Waals surface area (Å²) in [4.78, 5) is 13.1. The summed E-state index contributed by atoms with van der Waals surface area (Å²) in [5.41, 5.74) is 0.764. The Balaban J connectivity index is 2.87. The van der Waals surface area contributed by atoms with Crippen LogP contribution in [0.3, 0.4) is 0 Å². The normalized spacial score (nSPS) is 13.1. The first-order chi connectivity index (χ1) is 10.1. The summed E-state index contributed by atoms with van der Waals surface area (Å²) in [6, 6.07) is 6.51. The van der Waals surface area contributed by atoms with Gasteiger partial charge < -0.3 is 10.0 Å². The van der Waals surface area contributed by atoms with Crippen LogP contribution in [0.15, 0.2) is 29.2 Å². The lowest BCUT2D eigenvalue weighted by atomic mass is 9.98. The second-order valence-electron chi connectivity index (χ2n) is 5.91.